The van der Waals surface area contributed by atoms with Crippen LogP contribution in [0.4, 0.5) is 0 Å². The van der Waals surface area contributed by atoms with Gasteiger partial charge in [0, 0.05) is 10.7 Å². The highest BCUT2D eigenvalue weighted by molar-refractivity contribution is 9.09. The summed E-state index contributed by atoms with van der Waals surface area (Å²) in [4.78, 5) is 0. The van der Waals surface area contributed by atoms with E-state index in [1.54, 1.807) is 0 Å². The topological polar surface area (TPSA) is 32.6 Å². The molecule has 3 atom stereocenters. The third-order valence-electron chi connectivity index (χ3n) is 4.63. The van der Waals surface area contributed by atoms with Crippen molar-refractivity contribution in [3.63, 3.8) is 0 Å². The monoisotopic (exact) mass is 245 g/mol. The molecule has 2 saturated carbocycles. The third kappa shape index (κ3) is 0.915. The lowest BCUT2D eigenvalue weighted by Gasteiger charge is -2.36. The van der Waals surface area contributed by atoms with Gasteiger partial charge in [0.2, 0.25) is 0 Å². The number of alkyl halides is 1. The Balaban J connectivity index is 2.45. The number of hydrogen-bond donors (Lipinski definition) is 1. The maximum atomic E-state index is 8.95. The van der Waals surface area contributed by atoms with Crippen LogP contribution in [-0.2, 0) is 0 Å². The first kappa shape index (κ1) is 9.50. The molecule has 3 heteroatoms. The summed E-state index contributed by atoms with van der Waals surface area (Å²) >= 11 is 3.61. The molecule has 2 rings (SSSR count). The molecule has 0 aromatic rings. The molecule has 0 heterocycles. The van der Waals surface area contributed by atoms with Crippen LogP contribution < -0.4 is 0 Å². The van der Waals surface area contributed by atoms with Gasteiger partial charge in [-0.3, -0.25) is 0 Å². The van der Waals surface area contributed by atoms with E-state index in [-0.39, 0.29) is 5.41 Å². The largest absolute Gasteiger partial charge is 0.411 e. The van der Waals surface area contributed by atoms with Crippen molar-refractivity contribution in [2.45, 2.75) is 33.1 Å². The minimum absolute atomic E-state index is 0.135. The van der Waals surface area contributed by atoms with Crippen molar-refractivity contribution in [2.24, 2.45) is 21.9 Å². The molecule has 13 heavy (non-hydrogen) atoms. The van der Waals surface area contributed by atoms with E-state index in [0.29, 0.717) is 11.3 Å². The van der Waals surface area contributed by atoms with E-state index in [9.17, 15) is 0 Å². The standard InChI is InChI=1S/C10H16BrNO/c1-9-4-3-7(5-8(9)12-13)10(9,2)6-11/h7,13H,3-6H2,1-2H3/b12-8-/t7-,9-,10-/m1/s1. The first-order chi connectivity index (χ1) is 6.08. The van der Waals surface area contributed by atoms with Gasteiger partial charge < -0.3 is 5.21 Å². The normalized spacial score (nSPS) is 51.9. The van der Waals surface area contributed by atoms with E-state index in [2.05, 4.69) is 34.9 Å². The quantitative estimate of drug-likeness (QED) is 0.430. The Kier molecular flexibility index (Phi) is 1.99. The van der Waals surface area contributed by atoms with Gasteiger partial charge in [-0.15, -0.1) is 0 Å². The lowest BCUT2D eigenvalue weighted by atomic mass is 9.70. The first-order valence-corrected chi connectivity index (χ1v) is 5.98. The van der Waals surface area contributed by atoms with Gasteiger partial charge in [-0.1, -0.05) is 34.9 Å². The Hall–Kier alpha value is -0.0500. The molecule has 0 aliphatic heterocycles. The summed E-state index contributed by atoms with van der Waals surface area (Å²) in [5.41, 5.74) is 1.45. The number of rotatable bonds is 1. The molecular weight excluding hydrogens is 230 g/mol. The van der Waals surface area contributed by atoms with Crippen molar-refractivity contribution in [1.29, 1.82) is 0 Å². The Morgan fingerprint density at radius 2 is 2.31 bits per heavy atom. The zero-order chi connectivity index (χ0) is 9.69. The molecule has 0 radical (unpaired) electrons. The zero-order valence-corrected chi connectivity index (χ0v) is 9.76. The lowest BCUT2D eigenvalue weighted by Crippen LogP contribution is -2.36. The van der Waals surface area contributed by atoms with E-state index in [1.165, 1.54) is 12.8 Å². The Morgan fingerprint density at radius 3 is 2.69 bits per heavy atom. The predicted octanol–water partition coefficient (Wildman–Crippen LogP) is 3.04. The molecule has 0 saturated heterocycles. The fraction of sp³-hybridized carbons (Fsp3) is 0.900. The second-order valence-corrected chi connectivity index (χ2v) is 5.43. The van der Waals surface area contributed by atoms with Crippen LogP contribution in [-0.4, -0.2) is 16.2 Å². The lowest BCUT2D eigenvalue weighted by molar-refractivity contribution is 0.199. The van der Waals surface area contributed by atoms with Gasteiger partial charge in [-0.05, 0) is 30.6 Å². The molecule has 1 N–H and O–H groups in total. The van der Waals surface area contributed by atoms with Crippen LogP contribution in [0.5, 0.6) is 0 Å². The molecule has 2 aliphatic carbocycles. The molecule has 74 valence electrons. The van der Waals surface area contributed by atoms with Crippen LogP contribution in [0, 0.1) is 16.7 Å². The van der Waals surface area contributed by atoms with Crippen LogP contribution in [0.15, 0.2) is 5.16 Å². The summed E-state index contributed by atoms with van der Waals surface area (Å²) < 4.78 is 0. The van der Waals surface area contributed by atoms with Crippen molar-refractivity contribution in [1.82, 2.24) is 0 Å². The highest BCUT2D eigenvalue weighted by Gasteiger charge is 2.62. The van der Waals surface area contributed by atoms with Crippen LogP contribution in [0.1, 0.15) is 33.1 Å². The minimum Gasteiger partial charge on any atom is -0.411 e. The highest BCUT2D eigenvalue weighted by atomic mass is 79.9. The second kappa shape index (κ2) is 2.72. The maximum Gasteiger partial charge on any atom is 0.0638 e. The molecule has 0 aromatic heterocycles. The molecule has 0 aromatic carbocycles. The number of hydrogen-bond acceptors (Lipinski definition) is 2. The van der Waals surface area contributed by atoms with E-state index in [0.717, 1.165) is 17.5 Å². The van der Waals surface area contributed by atoms with Crippen LogP contribution in [0.3, 0.4) is 0 Å². The molecule has 0 amide bonds. The first-order valence-electron chi connectivity index (χ1n) is 4.86. The maximum absolute atomic E-state index is 8.95. The van der Waals surface area contributed by atoms with E-state index in [1.807, 2.05) is 0 Å². The molecule has 2 bridgehead atoms. The molecule has 2 aliphatic rings. The summed E-state index contributed by atoms with van der Waals surface area (Å²) in [7, 11) is 0. The third-order valence-corrected chi connectivity index (χ3v) is 5.79. The number of oxime groups is 1. The van der Waals surface area contributed by atoms with Crippen LogP contribution >= 0.6 is 15.9 Å². The molecule has 2 fully saturated rings. The van der Waals surface area contributed by atoms with Gasteiger partial charge in [0.1, 0.15) is 0 Å². The van der Waals surface area contributed by atoms with Gasteiger partial charge in [0.15, 0.2) is 0 Å². The summed E-state index contributed by atoms with van der Waals surface area (Å²) in [5, 5.41) is 13.4. The number of fused-ring (bicyclic) bond motifs is 2. The van der Waals surface area contributed by atoms with Gasteiger partial charge in [-0.2, -0.15) is 0 Å². The average Bonchev–Trinajstić information content (AvgIpc) is 2.51. The molecule has 0 spiro atoms. The SMILES string of the molecule is C[C@@]12CC[C@H](C/C1=N/O)[C@@]2(C)CBr. The van der Waals surface area contributed by atoms with E-state index < -0.39 is 0 Å². The Labute approximate surface area is 87.5 Å². The predicted molar refractivity (Wildman–Crippen MR) is 56.6 cm³/mol. The van der Waals surface area contributed by atoms with Gasteiger partial charge in [0.25, 0.3) is 0 Å². The number of halogens is 1. The van der Waals surface area contributed by atoms with Crippen LogP contribution in [0.25, 0.3) is 0 Å². The molecule has 0 unspecified atom stereocenters. The van der Waals surface area contributed by atoms with Crippen molar-refractivity contribution in [3.05, 3.63) is 0 Å². The van der Waals surface area contributed by atoms with Gasteiger partial charge in [0.05, 0.1) is 5.71 Å². The van der Waals surface area contributed by atoms with Gasteiger partial charge in [-0.25, -0.2) is 0 Å². The summed E-state index contributed by atoms with van der Waals surface area (Å²) in [6.45, 7) is 4.56. The fourth-order valence-electron chi connectivity index (χ4n) is 3.19. The Bertz CT molecular complexity index is 266. The second-order valence-electron chi connectivity index (χ2n) is 4.87. The Morgan fingerprint density at radius 1 is 1.62 bits per heavy atom. The van der Waals surface area contributed by atoms with Crippen LogP contribution in [0.2, 0.25) is 0 Å². The molecular formula is C10H16BrNO. The van der Waals surface area contributed by atoms with Crippen molar-refractivity contribution in [2.75, 3.05) is 5.33 Å². The van der Waals surface area contributed by atoms with Crippen molar-refractivity contribution >= 4 is 21.6 Å². The smallest absolute Gasteiger partial charge is 0.0638 e. The highest BCUT2D eigenvalue weighted by Crippen LogP contribution is 2.64. The minimum atomic E-state index is 0.135. The zero-order valence-electron chi connectivity index (χ0n) is 8.18. The summed E-state index contributed by atoms with van der Waals surface area (Å²) in [6, 6.07) is 0. The van der Waals surface area contributed by atoms with Crippen molar-refractivity contribution < 1.29 is 5.21 Å². The fourth-order valence-corrected chi connectivity index (χ4v) is 4.26. The van der Waals surface area contributed by atoms with Gasteiger partial charge >= 0.3 is 0 Å². The summed E-state index contributed by atoms with van der Waals surface area (Å²) in [5.74, 6) is 0.711. The summed E-state index contributed by atoms with van der Waals surface area (Å²) in [6.07, 6.45) is 3.46. The van der Waals surface area contributed by atoms with Crippen molar-refractivity contribution in [3.8, 4) is 0 Å². The van der Waals surface area contributed by atoms with E-state index >= 15 is 0 Å². The van der Waals surface area contributed by atoms with E-state index in [4.69, 9.17) is 5.21 Å². The average molecular weight is 246 g/mol. The molecule has 2 nitrogen and oxygen atoms in total. The number of nitrogens with zero attached hydrogens (tertiary/aromatic N) is 1.